The second-order valence-corrected chi connectivity index (χ2v) is 6.21. The van der Waals surface area contributed by atoms with Crippen LogP contribution in [-0.2, 0) is 19.5 Å². The normalized spacial score (nSPS) is 13.3. The first kappa shape index (κ1) is 16.3. The van der Waals surface area contributed by atoms with Gasteiger partial charge in [-0.3, -0.25) is 4.79 Å². The first-order chi connectivity index (χ1) is 12.7. The number of ether oxygens (including phenoxy) is 1. The topological polar surface area (TPSA) is 60.2 Å². The molecule has 1 amide bonds. The van der Waals surface area contributed by atoms with Crippen LogP contribution in [0.1, 0.15) is 28.9 Å². The fourth-order valence-corrected chi connectivity index (χ4v) is 3.15. The number of aromatic nitrogens is 3. The monoisotopic (exact) mass is 348 g/mol. The molecule has 0 fully saturated rings. The lowest BCUT2D eigenvalue weighted by Gasteiger charge is -2.28. The standard InChI is InChI=1S/C20H20N4O2/c1-2-18-21-22-19-14-23(11-12-24(18)19)20(25)15-7-6-10-17(13-15)26-16-8-4-3-5-9-16/h3-10,13H,2,11-12,14H2,1H3. The van der Waals surface area contributed by atoms with Crippen LogP contribution >= 0.6 is 0 Å². The molecule has 0 aliphatic carbocycles. The number of amides is 1. The first-order valence-corrected chi connectivity index (χ1v) is 8.78. The number of rotatable bonds is 4. The van der Waals surface area contributed by atoms with Gasteiger partial charge in [-0.1, -0.05) is 31.2 Å². The molecular weight excluding hydrogens is 328 g/mol. The Labute approximate surface area is 152 Å². The largest absolute Gasteiger partial charge is 0.457 e. The van der Waals surface area contributed by atoms with Gasteiger partial charge >= 0.3 is 0 Å². The van der Waals surface area contributed by atoms with Crippen LogP contribution in [0.15, 0.2) is 54.6 Å². The highest BCUT2D eigenvalue weighted by Crippen LogP contribution is 2.23. The average molecular weight is 348 g/mol. The second kappa shape index (κ2) is 7.00. The molecule has 6 heteroatoms. The van der Waals surface area contributed by atoms with Crippen LogP contribution in [-0.4, -0.2) is 32.1 Å². The Morgan fingerprint density at radius 2 is 1.85 bits per heavy atom. The van der Waals surface area contributed by atoms with E-state index < -0.39 is 0 Å². The molecule has 2 aromatic carbocycles. The predicted octanol–water partition coefficient (Wildman–Crippen LogP) is 3.29. The number of carbonyl (C=O) groups is 1. The Morgan fingerprint density at radius 1 is 1.04 bits per heavy atom. The zero-order valence-corrected chi connectivity index (χ0v) is 14.6. The fraction of sp³-hybridized carbons (Fsp3) is 0.250. The number of nitrogens with zero attached hydrogens (tertiary/aromatic N) is 4. The summed E-state index contributed by atoms with van der Waals surface area (Å²) in [5.41, 5.74) is 0.613. The van der Waals surface area contributed by atoms with E-state index in [1.165, 1.54) is 0 Å². The van der Waals surface area contributed by atoms with E-state index in [9.17, 15) is 4.79 Å². The Bertz CT molecular complexity index is 921. The second-order valence-electron chi connectivity index (χ2n) is 6.21. The zero-order chi connectivity index (χ0) is 17.9. The molecule has 0 atom stereocenters. The van der Waals surface area contributed by atoms with Crippen molar-refractivity contribution in [3.8, 4) is 11.5 Å². The van der Waals surface area contributed by atoms with Crippen LogP contribution in [0.25, 0.3) is 0 Å². The van der Waals surface area contributed by atoms with Crippen molar-refractivity contribution < 1.29 is 9.53 Å². The van der Waals surface area contributed by atoms with Crippen LogP contribution in [0, 0.1) is 0 Å². The van der Waals surface area contributed by atoms with E-state index in [1.54, 1.807) is 6.07 Å². The number of carbonyl (C=O) groups excluding carboxylic acids is 1. The Balaban J connectivity index is 1.51. The summed E-state index contributed by atoms with van der Waals surface area (Å²) < 4.78 is 7.94. The van der Waals surface area contributed by atoms with Crippen LogP contribution in [0.2, 0.25) is 0 Å². The predicted molar refractivity (Wildman–Crippen MR) is 97.1 cm³/mol. The van der Waals surface area contributed by atoms with Gasteiger partial charge in [0.15, 0.2) is 5.82 Å². The van der Waals surface area contributed by atoms with E-state index in [0.717, 1.165) is 30.4 Å². The molecule has 0 unspecified atom stereocenters. The summed E-state index contributed by atoms with van der Waals surface area (Å²) in [5.74, 6) is 3.20. The zero-order valence-electron chi connectivity index (χ0n) is 14.6. The van der Waals surface area contributed by atoms with Gasteiger partial charge in [-0.25, -0.2) is 0 Å². The smallest absolute Gasteiger partial charge is 0.254 e. The number of fused-ring (bicyclic) bond motifs is 1. The molecule has 2 heterocycles. The molecular formula is C20H20N4O2. The van der Waals surface area contributed by atoms with Gasteiger partial charge < -0.3 is 14.2 Å². The Kier molecular flexibility index (Phi) is 4.39. The van der Waals surface area contributed by atoms with E-state index in [4.69, 9.17) is 4.74 Å². The summed E-state index contributed by atoms with van der Waals surface area (Å²) >= 11 is 0. The van der Waals surface area contributed by atoms with E-state index in [1.807, 2.05) is 53.4 Å². The molecule has 3 aromatic rings. The summed E-state index contributed by atoms with van der Waals surface area (Å²) in [5, 5.41) is 8.42. The minimum Gasteiger partial charge on any atom is -0.457 e. The van der Waals surface area contributed by atoms with Crippen molar-refractivity contribution in [2.45, 2.75) is 26.4 Å². The number of hydrogen-bond acceptors (Lipinski definition) is 4. The van der Waals surface area contributed by atoms with Gasteiger partial charge in [0, 0.05) is 25.1 Å². The lowest BCUT2D eigenvalue weighted by molar-refractivity contribution is 0.0706. The number of hydrogen-bond donors (Lipinski definition) is 0. The maximum absolute atomic E-state index is 12.9. The van der Waals surface area contributed by atoms with Crippen molar-refractivity contribution in [3.05, 3.63) is 71.8 Å². The molecule has 1 aromatic heterocycles. The minimum absolute atomic E-state index is 0.0178. The third-order valence-corrected chi connectivity index (χ3v) is 4.49. The third kappa shape index (κ3) is 3.18. The van der Waals surface area contributed by atoms with Gasteiger partial charge in [0.1, 0.15) is 17.3 Å². The average Bonchev–Trinajstić information content (AvgIpc) is 3.11. The maximum Gasteiger partial charge on any atom is 0.254 e. The van der Waals surface area contributed by atoms with Crippen molar-refractivity contribution in [1.82, 2.24) is 19.7 Å². The van der Waals surface area contributed by atoms with E-state index >= 15 is 0 Å². The van der Waals surface area contributed by atoms with Gasteiger partial charge in [-0.05, 0) is 30.3 Å². The van der Waals surface area contributed by atoms with E-state index in [0.29, 0.717) is 24.4 Å². The van der Waals surface area contributed by atoms with Gasteiger partial charge in [-0.2, -0.15) is 0 Å². The fourth-order valence-electron chi connectivity index (χ4n) is 3.15. The van der Waals surface area contributed by atoms with Gasteiger partial charge in [0.2, 0.25) is 0 Å². The summed E-state index contributed by atoms with van der Waals surface area (Å²) in [6.07, 6.45) is 0.847. The van der Waals surface area contributed by atoms with E-state index in [2.05, 4.69) is 21.7 Å². The molecule has 0 saturated carbocycles. The lowest BCUT2D eigenvalue weighted by atomic mass is 10.1. The SMILES string of the molecule is CCc1nnc2n1CCN(C(=O)c1cccc(Oc3ccccc3)c1)C2. The van der Waals surface area contributed by atoms with Crippen LogP contribution in [0.4, 0.5) is 0 Å². The minimum atomic E-state index is -0.0178. The molecule has 1 aliphatic heterocycles. The highest BCUT2D eigenvalue weighted by Gasteiger charge is 2.25. The van der Waals surface area contributed by atoms with Crippen molar-refractivity contribution >= 4 is 5.91 Å². The highest BCUT2D eigenvalue weighted by molar-refractivity contribution is 5.94. The Hall–Kier alpha value is -3.15. The molecule has 6 nitrogen and oxygen atoms in total. The summed E-state index contributed by atoms with van der Waals surface area (Å²) in [6, 6.07) is 16.8. The van der Waals surface area contributed by atoms with Crippen LogP contribution in [0.5, 0.6) is 11.5 Å². The van der Waals surface area contributed by atoms with Crippen molar-refractivity contribution in [1.29, 1.82) is 0 Å². The maximum atomic E-state index is 12.9. The number of benzene rings is 2. The van der Waals surface area contributed by atoms with E-state index in [-0.39, 0.29) is 5.91 Å². The molecule has 0 saturated heterocycles. The Morgan fingerprint density at radius 3 is 2.65 bits per heavy atom. The van der Waals surface area contributed by atoms with Crippen molar-refractivity contribution in [2.24, 2.45) is 0 Å². The lowest BCUT2D eigenvalue weighted by Crippen LogP contribution is -2.38. The molecule has 4 rings (SSSR count). The summed E-state index contributed by atoms with van der Waals surface area (Å²) in [6.45, 7) is 3.93. The molecule has 0 spiro atoms. The summed E-state index contributed by atoms with van der Waals surface area (Å²) in [7, 11) is 0. The first-order valence-electron chi connectivity index (χ1n) is 8.78. The molecule has 1 aliphatic rings. The van der Waals surface area contributed by atoms with Gasteiger partial charge in [0.05, 0.1) is 6.54 Å². The molecule has 0 N–H and O–H groups in total. The highest BCUT2D eigenvalue weighted by atomic mass is 16.5. The van der Waals surface area contributed by atoms with Crippen LogP contribution in [0.3, 0.4) is 0 Å². The van der Waals surface area contributed by atoms with Crippen LogP contribution < -0.4 is 4.74 Å². The van der Waals surface area contributed by atoms with Crippen molar-refractivity contribution in [2.75, 3.05) is 6.54 Å². The molecule has 0 radical (unpaired) electrons. The number of para-hydroxylation sites is 1. The third-order valence-electron chi connectivity index (χ3n) is 4.49. The summed E-state index contributed by atoms with van der Waals surface area (Å²) in [4.78, 5) is 14.7. The molecule has 0 bridgehead atoms. The van der Waals surface area contributed by atoms with Gasteiger partial charge in [0.25, 0.3) is 5.91 Å². The number of aryl methyl sites for hydroxylation is 1. The molecule has 132 valence electrons. The molecule has 26 heavy (non-hydrogen) atoms. The quantitative estimate of drug-likeness (QED) is 0.726. The van der Waals surface area contributed by atoms with Crippen molar-refractivity contribution in [3.63, 3.8) is 0 Å². The van der Waals surface area contributed by atoms with Gasteiger partial charge in [-0.15, -0.1) is 10.2 Å².